The number of aromatic nitrogens is 3. The molecule has 6 heteroatoms. The fourth-order valence-electron chi connectivity index (χ4n) is 2.72. The number of nitrogens with one attached hydrogen (secondary N) is 1. The molecule has 0 radical (unpaired) electrons. The van der Waals surface area contributed by atoms with Crippen molar-refractivity contribution in [2.45, 2.75) is 26.3 Å². The van der Waals surface area contributed by atoms with Crippen LogP contribution in [0.3, 0.4) is 0 Å². The minimum Gasteiger partial charge on any atom is -0.355 e. The van der Waals surface area contributed by atoms with E-state index < -0.39 is 0 Å². The summed E-state index contributed by atoms with van der Waals surface area (Å²) in [7, 11) is 0. The first-order valence-corrected chi connectivity index (χ1v) is 8.37. The Kier molecular flexibility index (Phi) is 5.11. The molecule has 0 saturated heterocycles. The molecule has 5 nitrogen and oxygen atoms in total. The van der Waals surface area contributed by atoms with Gasteiger partial charge in [0.25, 0.3) is 0 Å². The highest BCUT2D eigenvalue weighted by Crippen LogP contribution is 2.15. The van der Waals surface area contributed by atoms with E-state index in [2.05, 4.69) is 26.8 Å². The maximum atomic E-state index is 12.1. The van der Waals surface area contributed by atoms with Crippen molar-refractivity contribution in [3.05, 3.63) is 59.0 Å². The molecule has 1 amide bonds. The lowest BCUT2D eigenvalue weighted by atomic mass is 10.1. The molecule has 2 aromatic heterocycles. The van der Waals surface area contributed by atoms with Gasteiger partial charge in [0.15, 0.2) is 5.65 Å². The van der Waals surface area contributed by atoms with E-state index in [1.165, 1.54) is 0 Å². The fourth-order valence-corrected chi connectivity index (χ4v) is 2.92. The number of pyridine rings is 1. The number of carbonyl (C=O) groups excluding carboxylic acids is 1. The van der Waals surface area contributed by atoms with Gasteiger partial charge < -0.3 is 9.88 Å². The quantitative estimate of drug-likeness (QED) is 0.749. The molecule has 0 aliphatic rings. The first kappa shape index (κ1) is 16.5. The molecule has 24 heavy (non-hydrogen) atoms. The summed E-state index contributed by atoms with van der Waals surface area (Å²) in [5, 5.41) is 3.55. The van der Waals surface area contributed by atoms with Gasteiger partial charge in [-0.2, -0.15) is 0 Å². The number of imidazole rings is 1. The zero-order chi connectivity index (χ0) is 16.9. The molecule has 0 fully saturated rings. The molecule has 1 aromatic carbocycles. The van der Waals surface area contributed by atoms with Gasteiger partial charge in [0.1, 0.15) is 11.3 Å². The Hall–Kier alpha value is -2.40. The van der Waals surface area contributed by atoms with Crippen LogP contribution in [0.1, 0.15) is 18.3 Å². The van der Waals surface area contributed by atoms with Crippen molar-refractivity contribution >= 4 is 28.7 Å². The van der Waals surface area contributed by atoms with Gasteiger partial charge in [-0.1, -0.05) is 29.8 Å². The van der Waals surface area contributed by atoms with Crippen LogP contribution in [0.5, 0.6) is 0 Å². The monoisotopic (exact) mass is 342 g/mol. The first-order chi connectivity index (χ1) is 11.7. The Morgan fingerprint density at radius 2 is 2.08 bits per heavy atom. The molecule has 0 aliphatic carbocycles. The maximum Gasteiger partial charge on any atom is 0.224 e. The van der Waals surface area contributed by atoms with Crippen molar-refractivity contribution in [3.63, 3.8) is 0 Å². The molecule has 0 spiro atoms. The number of hydrogen-bond donors (Lipinski definition) is 1. The summed E-state index contributed by atoms with van der Waals surface area (Å²) >= 11 is 6.08. The summed E-state index contributed by atoms with van der Waals surface area (Å²) in [6.07, 6.45) is 2.72. The molecule has 124 valence electrons. The van der Waals surface area contributed by atoms with Gasteiger partial charge in [-0.05, 0) is 30.7 Å². The number of aryl methyl sites for hydroxylation is 1. The van der Waals surface area contributed by atoms with Crippen molar-refractivity contribution in [1.82, 2.24) is 19.9 Å². The van der Waals surface area contributed by atoms with E-state index in [-0.39, 0.29) is 12.3 Å². The summed E-state index contributed by atoms with van der Waals surface area (Å²) in [4.78, 5) is 21.1. The Labute approximate surface area is 145 Å². The minimum absolute atomic E-state index is 0.0413. The van der Waals surface area contributed by atoms with Crippen molar-refractivity contribution < 1.29 is 4.79 Å². The zero-order valence-electron chi connectivity index (χ0n) is 13.5. The molecule has 3 aromatic rings. The molecule has 0 aliphatic heterocycles. The van der Waals surface area contributed by atoms with Crippen LogP contribution < -0.4 is 5.32 Å². The van der Waals surface area contributed by atoms with E-state index in [1.54, 1.807) is 12.3 Å². The number of benzene rings is 1. The van der Waals surface area contributed by atoms with Gasteiger partial charge in [-0.15, -0.1) is 0 Å². The zero-order valence-corrected chi connectivity index (χ0v) is 14.3. The second kappa shape index (κ2) is 7.45. The van der Waals surface area contributed by atoms with Gasteiger partial charge in [0.05, 0.1) is 6.42 Å². The standard InChI is InChI=1S/C18H19ClN4O/c1-2-23-16(22-15-8-5-10-21-18(15)23)9-11-20-17(24)12-13-6-3-4-7-14(13)19/h3-8,10H,2,9,11-12H2,1H3,(H,20,24). The second-order valence-corrected chi connectivity index (χ2v) is 5.89. The smallest absolute Gasteiger partial charge is 0.224 e. The average molecular weight is 343 g/mol. The normalized spacial score (nSPS) is 10.9. The Balaban J connectivity index is 1.60. The molecule has 0 saturated carbocycles. The molecule has 0 atom stereocenters. The van der Waals surface area contributed by atoms with Crippen LogP contribution in [0.15, 0.2) is 42.6 Å². The third-order valence-electron chi connectivity index (χ3n) is 3.88. The summed E-state index contributed by atoms with van der Waals surface area (Å²) in [5.41, 5.74) is 2.61. The number of nitrogens with zero attached hydrogens (tertiary/aromatic N) is 3. The fraction of sp³-hybridized carbons (Fsp3) is 0.278. The average Bonchev–Trinajstić information content (AvgIpc) is 2.94. The topological polar surface area (TPSA) is 59.8 Å². The summed E-state index contributed by atoms with van der Waals surface area (Å²) in [5.74, 6) is 0.893. The largest absolute Gasteiger partial charge is 0.355 e. The van der Waals surface area contributed by atoms with E-state index in [0.29, 0.717) is 18.0 Å². The van der Waals surface area contributed by atoms with Gasteiger partial charge in [0.2, 0.25) is 5.91 Å². The van der Waals surface area contributed by atoms with Gasteiger partial charge >= 0.3 is 0 Å². The van der Waals surface area contributed by atoms with E-state index in [4.69, 9.17) is 11.6 Å². The van der Waals surface area contributed by atoms with Crippen molar-refractivity contribution in [2.24, 2.45) is 0 Å². The maximum absolute atomic E-state index is 12.1. The highest BCUT2D eigenvalue weighted by Gasteiger charge is 2.11. The third kappa shape index (κ3) is 3.57. The predicted molar refractivity (Wildman–Crippen MR) is 95.1 cm³/mol. The molecule has 0 unspecified atom stereocenters. The van der Waals surface area contributed by atoms with Crippen LogP contribution in [0.2, 0.25) is 5.02 Å². The van der Waals surface area contributed by atoms with Crippen LogP contribution >= 0.6 is 11.6 Å². The number of halogens is 1. The lowest BCUT2D eigenvalue weighted by Crippen LogP contribution is -2.28. The second-order valence-electron chi connectivity index (χ2n) is 5.49. The highest BCUT2D eigenvalue weighted by atomic mass is 35.5. The Bertz CT molecular complexity index is 859. The van der Waals surface area contributed by atoms with Crippen molar-refractivity contribution in [1.29, 1.82) is 0 Å². The van der Waals surface area contributed by atoms with Crippen molar-refractivity contribution in [3.8, 4) is 0 Å². The Morgan fingerprint density at radius 1 is 1.25 bits per heavy atom. The van der Waals surface area contributed by atoms with E-state index in [0.717, 1.165) is 29.1 Å². The lowest BCUT2D eigenvalue weighted by Gasteiger charge is -2.08. The Morgan fingerprint density at radius 3 is 2.88 bits per heavy atom. The van der Waals surface area contributed by atoms with Crippen LogP contribution in [0, 0.1) is 0 Å². The predicted octanol–water partition coefficient (Wildman–Crippen LogP) is 3.01. The summed E-state index contributed by atoms with van der Waals surface area (Å²) < 4.78 is 2.08. The lowest BCUT2D eigenvalue weighted by molar-refractivity contribution is -0.120. The third-order valence-corrected chi connectivity index (χ3v) is 4.25. The van der Waals surface area contributed by atoms with E-state index >= 15 is 0 Å². The number of carbonyl (C=O) groups is 1. The molecular formula is C18H19ClN4O. The summed E-state index contributed by atoms with van der Waals surface area (Å²) in [6, 6.07) is 11.2. The first-order valence-electron chi connectivity index (χ1n) is 7.99. The highest BCUT2D eigenvalue weighted by molar-refractivity contribution is 6.31. The van der Waals surface area contributed by atoms with E-state index in [9.17, 15) is 4.79 Å². The van der Waals surface area contributed by atoms with Gasteiger partial charge in [-0.3, -0.25) is 4.79 Å². The molecule has 0 bridgehead atoms. The minimum atomic E-state index is -0.0413. The SMILES string of the molecule is CCn1c(CCNC(=O)Cc2ccccc2Cl)nc2cccnc21. The van der Waals surface area contributed by atoms with Gasteiger partial charge in [-0.25, -0.2) is 9.97 Å². The summed E-state index contributed by atoms with van der Waals surface area (Å²) in [6.45, 7) is 3.40. The number of fused-ring (bicyclic) bond motifs is 1. The number of amides is 1. The molecule has 1 N–H and O–H groups in total. The molecular weight excluding hydrogens is 324 g/mol. The van der Waals surface area contributed by atoms with Gasteiger partial charge in [0, 0.05) is 30.7 Å². The van der Waals surface area contributed by atoms with E-state index in [1.807, 2.05) is 30.3 Å². The number of rotatable bonds is 6. The van der Waals surface area contributed by atoms with Crippen LogP contribution in [-0.2, 0) is 24.2 Å². The number of hydrogen-bond acceptors (Lipinski definition) is 3. The van der Waals surface area contributed by atoms with Crippen LogP contribution in [0.25, 0.3) is 11.2 Å². The van der Waals surface area contributed by atoms with Crippen LogP contribution in [0.4, 0.5) is 0 Å². The molecule has 2 heterocycles. The van der Waals surface area contributed by atoms with Crippen molar-refractivity contribution in [2.75, 3.05) is 6.54 Å². The molecule has 3 rings (SSSR count). The van der Waals surface area contributed by atoms with Crippen LogP contribution in [-0.4, -0.2) is 27.0 Å².